The summed E-state index contributed by atoms with van der Waals surface area (Å²) in [6.45, 7) is 4.83. The minimum Gasteiger partial charge on any atom is -0.341 e. The highest BCUT2D eigenvalue weighted by molar-refractivity contribution is 7.99. The fourth-order valence-electron chi connectivity index (χ4n) is 5.47. The van der Waals surface area contributed by atoms with E-state index in [1.54, 1.807) is 54.2 Å². The number of hydrogen-bond acceptors (Lipinski definition) is 6. The third kappa shape index (κ3) is 6.55. The van der Waals surface area contributed by atoms with Crippen LogP contribution in [0.25, 0.3) is 21.8 Å². The number of aromatic nitrogens is 1. The van der Waals surface area contributed by atoms with Crippen LogP contribution in [0.2, 0.25) is 0 Å². The van der Waals surface area contributed by atoms with Gasteiger partial charge in [-0.15, -0.1) is 11.8 Å². The van der Waals surface area contributed by atoms with E-state index in [9.17, 15) is 14.4 Å². The van der Waals surface area contributed by atoms with E-state index in [-0.39, 0.29) is 17.3 Å². The summed E-state index contributed by atoms with van der Waals surface area (Å²) >= 11 is 1.61. The lowest BCUT2D eigenvalue weighted by Gasteiger charge is -2.08. The number of aryl methyl sites for hydroxylation is 2. The van der Waals surface area contributed by atoms with Gasteiger partial charge in [0.25, 0.3) is 0 Å². The molecule has 0 saturated carbocycles. The van der Waals surface area contributed by atoms with Gasteiger partial charge in [-0.05, 0) is 74.5 Å². The van der Waals surface area contributed by atoms with Crippen LogP contribution in [0.15, 0.2) is 131 Å². The summed E-state index contributed by atoms with van der Waals surface area (Å²) in [6.07, 6.45) is 0.296. The maximum absolute atomic E-state index is 14.0. The summed E-state index contributed by atoms with van der Waals surface area (Å²) < 4.78 is 2.17. The van der Waals surface area contributed by atoms with Crippen LogP contribution >= 0.6 is 11.8 Å². The zero-order valence-electron chi connectivity index (χ0n) is 25.6. The van der Waals surface area contributed by atoms with Crippen molar-refractivity contribution in [2.75, 3.05) is 5.75 Å². The van der Waals surface area contributed by atoms with E-state index >= 15 is 0 Å². The first kappa shape index (κ1) is 30.7. The second kappa shape index (κ2) is 13.8. The molecular formula is C39H32N2O4S. The van der Waals surface area contributed by atoms with Crippen LogP contribution in [0.5, 0.6) is 0 Å². The summed E-state index contributed by atoms with van der Waals surface area (Å²) in [5.41, 5.74) is 5.24. The average molecular weight is 625 g/mol. The van der Waals surface area contributed by atoms with Crippen molar-refractivity contribution in [2.45, 2.75) is 31.7 Å². The molecule has 46 heavy (non-hydrogen) atoms. The maximum Gasteiger partial charge on any atom is 0.365 e. The normalized spacial score (nSPS) is 11.6. The Morgan fingerprint density at radius 2 is 1.28 bits per heavy atom. The smallest absolute Gasteiger partial charge is 0.341 e. The van der Waals surface area contributed by atoms with Gasteiger partial charge >= 0.3 is 5.97 Å². The molecule has 6 nitrogen and oxygen atoms in total. The summed E-state index contributed by atoms with van der Waals surface area (Å²) in [6, 6.07) is 37.2. The minimum atomic E-state index is -0.630. The molecular weight excluding hydrogens is 593 g/mol. The van der Waals surface area contributed by atoms with Crippen LogP contribution in [0.3, 0.4) is 0 Å². The highest BCUT2D eigenvalue weighted by Crippen LogP contribution is 2.32. The number of thioether (sulfide) groups is 1. The molecule has 228 valence electrons. The minimum absolute atomic E-state index is 0.0622. The maximum atomic E-state index is 14.0. The van der Waals surface area contributed by atoms with Crippen LogP contribution < -0.4 is 0 Å². The lowest BCUT2D eigenvalue weighted by molar-refractivity contribution is 0.0514. The molecule has 0 N–H and O–H groups in total. The van der Waals surface area contributed by atoms with E-state index in [4.69, 9.17) is 4.84 Å². The number of Topliss-reactive ketones (excluding diaryl/α,β-unsaturated/α-hetero) is 1. The number of carbonyl (C=O) groups is 3. The molecule has 0 bridgehead atoms. The topological polar surface area (TPSA) is 77.7 Å². The number of oxime groups is 1. The molecule has 0 amide bonds. The number of hydrogen-bond donors (Lipinski definition) is 0. The monoisotopic (exact) mass is 624 g/mol. The van der Waals surface area contributed by atoms with Gasteiger partial charge in [0.15, 0.2) is 5.78 Å². The van der Waals surface area contributed by atoms with Gasteiger partial charge in [-0.1, -0.05) is 71.4 Å². The first-order chi connectivity index (χ1) is 22.4. The van der Waals surface area contributed by atoms with Crippen LogP contribution in [-0.2, 0) is 11.4 Å². The van der Waals surface area contributed by atoms with E-state index in [1.165, 1.54) is 5.56 Å². The summed E-state index contributed by atoms with van der Waals surface area (Å²) in [5, 5.41) is 5.86. The zero-order valence-corrected chi connectivity index (χ0v) is 26.4. The standard InChI is InChI=1S/C39H32N2O4S/c1-3-41-35-20-16-29(37(42)27-10-6-4-7-11-27)24-32(35)33-25-30(17-21-36(33)41)38(43)34(22-23-46-31-18-14-26(2)15-19-31)40-45-39(44)28-12-8-5-9-13-28/h4-21,24-25H,3,22-23H2,1-2H3. The Morgan fingerprint density at radius 1 is 0.696 bits per heavy atom. The molecule has 0 atom stereocenters. The molecule has 5 aromatic carbocycles. The molecule has 6 aromatic rings. The molecule has 0 fully saturated rings. The summed E-state index contributed by atoms with van der Waals surface area (Å²) in [4.78, 5) is 46.4. The molecule has 0 saturated heterocycles. The van der Waals surface area contributed by atoms with Gasteiger partial charge in [0.05, 0.1) is 5.56 Å². The summed E-state index contributed by atoms with van der Waals surface area (Å²) in [5.74, 6) is -0.443. The molecule has 0 aliphatic rings. The van der Waals surface area contributed by atoms with Crippen LogP contribution in [0.1, 0.15) is 55.5 Å². The Labute approximate surface area is 271 Å². The molecule has 0 aliphatic carbocycles. The van der Waals surface area contributed by atoms with Crippen molar-refractivity contribution in [3.8, 4) is 0 Å². The number of carbonyl (C=O) groups excluding carboxylic acids is 3. The predicted octanol–water partition coefficient (Wildman–Crippen LogP) is 8.93. The Bertz CT molecular complexity index is 2080. The van der Waals surface area contributed by atoms with Crippen molar-refractivity contribution in [1.29, 1.82) is 0 Å². The molecule has 1 heterocycles. The second-order valence-electron chi connectivity index (χ2n) is 10.9. The largest absolute Gasteiger partial charge is 0.365 e. The van der Waals surface area contributed by atoms with E-state index in [2.05, 4.69) is 16.6 Å². The lowest BCUT2D eigenvalue weighted by Crippen LogP contribution is -2.17. The van der Waals surface area contributed by atoms with Crippen molar-refractivity contribution in [3.05, 3.63) is 149 Å². The van der Waals surface area contributed by atoms with Crippen LogP contribution in [0.4, 0.5) is 0 Å². The number of ketones is 2. The van der Waals surface area contributed by atoms with Gasteiger partial charge in [-0.3, -0.25) is 9.59 Å². The second-order valence-corrected chi connectivity index (χ2v) is 12.1. The molecule has 1 aromatic heterocycles. The fraction of sp³-hybridized carbons (Fsp3) is 0.128. The number of fused-ring (bicyclic) bond motifs is 3. The average Bonchev–Trinajstić information content (AvgIpc) is 3.42. The van der Waals surface area contributed by atoms with E-state index < -0.39 is 5.97 Å². The SMILES string of the molecule is CCn1c2ccc(C(=O)C(CCSc3ccc(C)cc3)=NOC(=O)c3ccccc3)cc2c2cc(C(=O)c3ccccc3)ccc21. The molecule has 6 rings (SSSR count). The van der Waals surface area contributed by atoms with Gasteiger partial charge in [-0.25, -0.2) is 4.79 Å². The van der Waals surface area contributed by atoms with E-state index in [0.29, 0.717) is 34.4 Å². The first-order valence-electron chi connectivity index (χ1n) is 15.2. The Morgan fingerprint density at radius 3 is 1.91 bits per heavy atom. The molecule has 0 spiro atoms. The Kier molecular flexibility index (Phi) is 9.22. The van der Waals surface area contributed by atoms with Crippen LogP contribution in [-0.4, -0.2) is 33.6 Å². The fourth-order valence-corrected chi connectivity index (χ4v) is 6.33. The van der Waals surface area contributed by atoms with Gasteiger partial charge in [0.2, 0.25) is 5.78 Å². The van der Waals surface area contributed by atoms with Gasteiger partial charge in [0.1, 0.15) is 5.71 Å². The van der Waals surface area contributed by atoms with Crippen molar-refractivity contribution in [1.82, 2.24) is 4.57 Å². The van der Waals surface area contributed by atoms with Crippen molar-refractivity contribution >= 4 is 56.8 Å². The van der Waals surface area contributed by atoms with Gasteiger partial charge in [0, 0.05) is 62.1 Å². The zero-order chi connectivity index (χ0) is 32.0. The van der Waals surface area contributed by atoms with Crippen LogP contribution in [0, 0.1) is 6.92 Å². The van der Waals surface area contributed by atoms with E-state index in [1.807, 2.05) is 85.8 Å². The molecule has 0 aliphatic heterocycles. The number of nitrogens with zero attached hydrogens (tertiary/aromatic N) is 2. The first-order valence-corrected chi connectivity index (χ1v) is 16.1. The van der Waals surface area contributed by atoms with Crippen molar-refractivity contribution in [2.24, 2.45) is 5.16 Å². The Balaban J connectivity index is 1.34. The highest BCUT2D eigenvalue weighted by atomic mass is 32.2. The third-order valence-corrected chi connectivity index (χ3v) is 8.89. The summed E-state index contributed by atoms with van der Waals surface area (Å²) in [7, 11) is 0. The highest BCUT2D eigenvalue weighted by Gasteiger charge is 2.20. The lowest BCUT2D eigenvalue weighted by atomic mass is 9.99. The molecule has 0 radical (unpaired) electrons. The number of rotatable bonds is 11. The quantitative estimate of drug-likeness (QED) is 0.0473. The van der Waals surface area contributed by atoms with Crippen molar-refractivity contribution < 1.29 is 19.2 Å². The number of benzene rings is 5. The molecule has 0 unspecified atom stereocenters. The third-order valence-electron chi connectivity index (χ3n) is 7.88. The van der Waals surface area contributed by atoms with Crippen molar-refractivity contribution in [3.63, 3.8) is 0 Å². The predicted molar refractivity (Wildman–Crippen MR) is 185 cm³/mol. The molecule has 7 heteroatoms. The van der Waals surface area contributed by atoms with Gasteiger partial charge in [-0.2, -0.15) is 0 Å². The Hall–Kier alpha value is -5.27. The van der Waals surface area contributed by atoms with Gasteiger partial charge < -0.3 is 9.40 Å². The van der Waals surface area contributed by atoms with E-state index in [0.717, 1.165) is 33.2 Å².